The van der Waals surface area contributed by atoms with E-state index < -0.39 is 0 Å². The summed E-state index contributed by atoms with van der Waals surface area (Å²) in [6.45, 7) is 2.85. The molecule has 92 valence electrons. The summed E-state index contributed by atoms with van der Waals surface area (Å²) in [6.07, 6.45) is 1.18. The molecule has 1 aromatic carbocycles. The maximum absolute atomic E-state index is 10.5. The number of hydrogen-bond acceptors (Lipinski definition) is 4. The molecule has 1 heterocycles. The lowest BCUT2D eigenvalue weighted by molar-refractivity contribution is -0.00598. The number of aldehydes is 1. The molecule has 0 spiro atoms. The van der Waals surface area contributed by atoms with Crippen LogP contribution in [0.25, 0.3) is 0 Å². The highest BCUT2D eigenvalue weighted by Crippen LogP contribution is 2.21. The number of carbonyl (C=O) groups is 1. The fourth-order valence-corrected chi connectivity index (χ4v) is 2.71. The van der Waals surface area contributed by atoms with E-state index in [-0.39, 0.29) is 0 Å². The molecule has 1 fully saturated rings. The SMILES string of the molecule is CN1CCOC(CSc2ccc(C=O)cc2)C1. The highest BCUT2D eigenvalue weighted by molar-refractivity contribution is 7.99. The fraction of sp³-hybridized carbons (Fsp3) is 0.462. The number of carbonyl (C=O) groups excluding carboxylic acids is 1. The van der Waals surface area contributed by atoms with E-state index in [1.54, 1.807) is 11.8 Å². The Labute approximate surface area is 106 Å². The van der Waals surface area contributed by atoms with Gasteiger partial charge in [0.1, 0.15) is 6.29 Å². The van der Waals surface area contributed by atoms with Gasteiger partial charge in [-0.25, -0.2) is 0 Å². The van der Waals surface area contributed by atoms with Crippen LogP contribution in [-0.4, -0.2) is 49.8 Å². The number of nitrogens with zero attached hydrogens (tertiary/aromatic N) is 1. The number of rotatable bonds is 4. The van der Waals surface area contributed by atoms with Crippen molar-refractivity contribution in [3.8, 4) is 0 Å². The van der Waals surface area contributed by atoms with Gasteiger partial charge in [-0.1, -0.05) is 12.1 Å². The molecule has 0 saturated carbocycles. The summed E-state index contributed by atoms with van der Waals surface area (Å²) >= 11 is 1.78. The van der Waals surface area contributed by atoms with Crippen LogP contribution in [0.4, 0.5) is 0 Å². The zero-order valence-corrected chi connectivity index (χ0v) is 10.8. The Hall–Kier alpha value is -0.840. The van der Waals surface area contributed by atoms with E-state index in [0.717, 1.165) is 37.3 Å². The van der Waals surface area contributed by atoms with Gasteiger partial charge in [0.2, 0.25) is 0 Å². The molecule has 0 aliphatic carbocycles. The quantitative estimate of drug-likeness (QED) is 0.604. The van der Waals surface area contributed by atoms with Gasteiger partial charge < -0.3 is 9.64 Å². The zero-order valence-electron chi connectivity index (χ0n) is 9.96. The number of thioether (sulfide) groups is 1. The monoisotopic (exact) mass is 251 g/mol. The van der Waals surface area contributed by atoms with Crippen molar-refractivity contribution < 1.29 is 9.53 Å². The third-order valence-electron chi connectivity index (χ3n) is 2.79. The first-order valence-corrected chi connectivity index (χ1v) is 6.74. The first kappa shape index (κ1) is 12.6. The van der Waals surface area contributed by atoms with Gasteiger partial charge in [0.15, 0.2) is 0 Å². The Morgan fingerprint density at radius 1 is 1.47 bits per heavy atom. The molecule has 3 nitrogen and oxygen atoms in total. The second-order valence-corrected chi connectivity index (χ2v) is 5.35. The molecule has 1 aromatic rings. The standard InChI is InChI=1S/C13H17NO2S/c1-14-6-7-16-12(8-14)10-17-13-4-2-11(9-15)3-5-13/h2-5,9,12H,6-8,10H2,1H3. The largest absolute Gasteiger partial charge is 0.375 e. The molecule has 1 unspecified atom stereocenters. The van der Waals surface area contributed by atoms with Crippen molar-refractivity contribution in [3.63, 3.8) is 0 Å². The van der Waals surface area contributed by atoms with Crippen molar-refractivity contribution in [1.82, 2.24) is 4.90 Å². The molecule has 0 aromatic heterocycles. The zero-order chi connectivity index (χ0) is 12.1. The van der Waals surface area contributed by atoms with Gasteiger partial charge in [0, 0.05) is 29.3 Å². The number of hydrogen-bond donors (Lipinski definition) is 0. The lowest BCUT2D eigenvalue weighted by Gasteiger charge is -2.29. The van der Waals surface area contributed by atoms with Crippen LogP contribution >= 0.6 is 11.8 Å². The van der Waals surface area contributed by atoms with Crippen molar-refractivity contribution in [2.45, 2.75) is 11.0 Å². The van der Waals surface area contributed by atoms with E-state index in [1.807, 2.05) is 24.3 Å². The Kier molecular flexibility index (Phi) is 4.59. The molecule has 2 rings (SSSR count). The van der Waals surface area contributed by atoms with Gasteiger partial charge in [0.25, 0.3) is 0 Å². The molecule has 1 saturated heterocycles. The van der Waals surface area contributed by atoms with Crippen molar-refractivity contribution in [1.29, 1.82) is 0 Å². The van der Waals surface area contributed by atoms with Gasteiger partial charge in [-0.2, -0.15) is 0 Å². The topological polar surface area (TPSA) is 29.5 Å². The average molecular weight is 251 g/mol. The minimum Gasteiger partial charge on any atom is -0.375 e. The Morgan fingerprint density at radius 3 is 2.88 bits per heavy atom. The predicted octanol–water partition coefficient (Wildman–Crippen LogP) is 1.92. The van der Waals surface area contributed by atoms with Crippen LogP contribution in [0.15, 0.2) is 29.2 Å². The molecule has 1 aliphatic rings. The molecular weight excluding hydrogens is 234 g/mol. The molecule has 1 atom stereocenters. The first-order valence-electron chi connectivity index (χ1n) is 5.76. The summed E-state index contributed by atoms with van der Waals surface area (Å²) in [5.74, 6) is 0.963. The van der Waals surface area contributed by atoms with Crippen molar-refractivity contribution in [2.75, 3.05) is 32.5 Å². The number of benzene rings is 1. The third kappa shape index (κ3) is 3.84. The molecule has 17 heavy (non-hydrogen) atoms. The van der Waals surface area contributed by atoms with Gasteiger partial charge in [0.05, 0.1) is 12.7 Å². The van der Waals surface area contributed by atoms with Crippen LogP contribution in [0.1, 0.15) is 10.4 Å². The molecule has 0 N–H and O–H groups in total. The van der Waals surface area contributed by atoms with E-state index in [2.05, 4.69) is 11.9 Å². The summed E-state index contributed by atoms with van der Waals surface area (Å²) in [5, 5.41) is 0. The lowest BCUT2D eigenvalue weighted by Crippen LogP contribution is -2.41. The average Bonchev–Trinajstić information content (AvgIpc) is 2.37. The van der Waals surface area contributed by atoms with E-state index in [0.29, 0.717) is 6.10 Å². The summed E-state index contributed by atoms with van der Waals surface area (Å²) in [4.78, 5) is 14.0. The minimum absolute atomic E-state index is 0.310. The normalized spacial score (nSPS) is 21.4. The summed E-state index contributed by atoms with van der Waals surface area (Å²) in [6, 6.07) is 7.67. The number of likely N-dealkylation sites (N-methyl/N-ethyl adjacent to an activating group) is 1. The van der Waals surface area contributed by atoms with Crippen LogP contribution in [0.3, 0.4) is 0 Å². The Morgan fingerprint density at radius 2 is 2.24 bits per heavy atom. The van der Waals surface area contributed by atoms with Gasteiger partial charge in [-0.3, -0.25) is 4.79 Å². The van der Waals surface area contributed by atoms with Crippen molar-refractivity contribution >= 4 is 18.0 Å². The molecule has 1 aliphatic heterocycles. The fourth-order valence-electron chi connectivity index (χ4n) is 1.80. The van der Waals surface area contributed by atoms with Gasteiger partial charge in [-0.05, 0) is 19.2 Å². The Bertz CT molecular complexity index is 366. The third-order valence-corrected chi connectivity index (χ3v) is 3.94. The maximum Gasteiger partial charge on any atom is 0.150 e. The van der Waals surface area contributed by atoms with Gasteiger partial charge in [-0.15, -0.1) is 11.8 Å². The number of morpholine rings is 1. The predicted molar refractivity (Wildman–Crippen MR) is 69.8 cm³/mol. The highest BCUT2D eigenvalue weighted by Gasteiger charge is 2.17. The molecule has 0 radical (unpaired) electrons. The van der Waals surface area contributed by atoms with Crippen LogP contribution in [0.2, 0.25) is 0 Å². The van der Waals surface area contributed by atoms with E-state index in [4.69, 9.17) is 4.74 Å². The van der Waals surface area contributed by atoms with E-state index >= 15 is 0 Å². The maximum atomic E-state index is 10.5. The van der Waals surface area contributed by atoms with Crippen LogP contribution in [-0.2, 0) is 4.74 Å². The minimum atomic E-state index is 0.310. The first-order chi connectivity index (χ1) is 8.28. The highest BCUT2D eigenvalue weighted by atomic mass is 32.2. The van der Waals surface area contributed by atoms with Crippen molar-refractivity contribution in [3.05, 3.63) is 29.8 Å². The van der Waals surface area contributed by atoms with Crippen molar-refractivity contribution in [2.24, 2.45) is 0 Å². The summed E-state index contributed by atoms with van der Waals surface area (Å²) in [5.41, 5.74) is 0.725. The molecule has 4 heteroatoms. The van der Waals surface area contributed by atoms with Crippen LogP contribution in [0.5, 0.6) is 0 Å². The molecule has 0 amide bonds. The van der Waals surface area contributed by atoms with Crippen LogP contribution < -0.4 is 0 Å². The molecule has 0 bridgehead atoms. The second kappa shape index (κ2) is 6.19. The van der Waals surface area contributed by atoms with E-state index in [9.17, 15) is 4.79 Å². The second-order valence-electron chi connectivity index (χ2n) is 4.25. The molecular formula is C13H17NO2S. The summed E-state index contributed by atoms with van der Waals surface area (Å²) < 4.78 is 5.70. The Balaban J connectivity index is 1.82. The smallest absolute Gasteiger partial charge is 0.150 e. The lowest BCUT2D eigenvalue weighted by atomic mass is 10.2. The number of ether oxygens (including phenoxy) is 1. The van der Waals surface area contributed by atoms with Crippen LogP contribution in [0, 0.1) is 0 Å². The van der Waals surface area contributed by atoms with E-state index in [1.165, 1.54) is 4.90 Å². The summed E-state index contributed by atoms with van der Waals surface area (Å²) in [7, 11) is 2.12. The van der Waals surface area contributed by atoms with Gasteiger partial charge >= 0.3 is 0 Å².